The molecule has 0 aromatic carbocycles. The Labute approximate surface area is 116 Å². The van der Waals surface area contributed by atoms with Crippen LogP contribution in [-0.2, 0) is 9.47 Å². The largest absolute Gasteiger partial charge is 0.377 e. The smallest absolute Gasteiger partial charge is 0.0847 e. The summed E-state index contributed by atoms with van der Waals surface area (Å²) < 4.78 is 12.0. The number of ether oxygens (including phenoxy) is 2. The molecule has 4 heteroatoms. The first kappa shape index (κ1) is 13.8. The highest BCUT2D eigenvalue weighted by Crippen LogP contribution is 2.47. The van der Waals surface area contributed by atoms with E-state index < -0.39 is 0 Å². The van der Waals surface area contributed by atoms with Crippen LogP contribution in [0.4, 0.5) is 0 Å². The summed E-state index contributed by atoms with van der Waals surface area (Å²) in [6.07, 6.45) is 10.9. The molecular weight excluding hydrogens is 240 g/mol. The number of rotatable bonds is 4. The van der Waals surface area contributed by atoms with Gasteiger partial charge < -0.3 is 9.47 Å². The van der Waals surface area contributed by atoms with Crippen molar-refractivity contribution in [3.05, 3.63) is 0 Å². The Morgan fingerprint density at radius 2 is 1.95 bits per heavy atom. The first-order valence-electron chi connectivity index (χ1n) is 7.89. The second-order valence-corrected chi connectivity index (χ2v) is 6.76. The van der Waals surface area contributed by atoms with Gasteiger partial charge >= 0.3 is 0 Å². The number of hydrogen-bond acceptors (Lipinski definition) is 4. The van der Waals surface area contributed by atoms with Gasteiger partial charge in [-0.25, -0.2) is 0 Å². The van der Waals surface area contributed by atoms with Crippen LogP contribution in [0, 0.1) is 5.92 Å². The summed E-state index contributed by atoms with van der Waals surface area (Å²) in [4.78, 5) is 0. The lowest BCUT2D eigenvalue weighted by molar-refractivity contribution is -0.147. The van der Waals surface area contributed by atoms with E-state index >= 15 is 0 Å². The molecule has 2 aliphatic carbocycles. The maximum absolute atomic E-state index is 6.14. The standard InChI is InChI=1S/C15H28N2O2/c1-18-15(8-4-9-15)13(17-16)12-5-10-19-14(11-12)6-2-3-7-14/h12-13,17H,2-11,16H2,1H3. The Morgan fingerprint density at radius 1 is 1.21 bits per heavy atom. The molecule has 0 bridgehead atoms. The fraction of sp³-hybridized carbons (Fsp3) is 1.00. The van der Waals surface area contributed by atoms with Crippen LogP contribution in [0.2, 0.25) is 0 Å². The molecule has 1 saturated heterocycles. The summed E-state index contributed by atoms with van der Waals surface area (Å²) in [5, 5.41) is 0. The van der Waals surface area contributed by atoms with E-state index in [0.717, 1.165) is 32.3 Å². The summed E-state index contributed by atoms with van der Waals surface area (Å²) >= 11 is 0. The van der Waals surface area contributed by atoms with Gasteiger partial charge in [0.25, 0.3) is 0 Å². The van der Waals surface area contributed by atoms with Crippen LogP contribution in [0.15, 0.2) is 0 Å². The van der Waals surface area contributed by atoms with E-state index in [4.69, 9.17) is 15.3 Å². The van der Waals surface area contributed by atoms with Crippen molar-refractivity contribution in [2.75, 3.05) is 13.7 Å². The third-order valence-corrected chi connectivity index (χ3v) is 5.87. The molecular formula is C15H28N2O2. The van der Waals surface area contributed by atoms with Crippen LogP contribution in [0.3, 0.4) is 0 Å². The van der Waals surface area contributed by atoms with Crippen molar-refractivity contribution in [1.82, 2.24) is 5.43 Å². The van der Waals surface area contributed by atoms with E-state index in [9.17, 15) is 0 Å². The molecule has 2 atom stereocenters. The van der Waals surface area contributed by atoms with E-state index in [2.05, 4.69) is 5.43 Å². The topological polar surface area (TPSA) is 56.5 Å². The third-order valence-electron chi connectivity index (χ3n) is 5.87. The molecule has 2 unspecified atom stereocenters. The zero-order valence-corrected chi connectivity index (χ0v) is 12.1. The molecule has 3 fully saturated rings. The zero-order chi connectivity index (χ0) is 13.3. The molecule has 1 aliphatic heterocycles. The molecule has 3 rings (SSSR count). The average Bonchev–Trinajstić information content (AvgIpc) is 2.81. The molecule has 3 aliphatic rings. The van der Waals surface area contributed by atoms with Crippen molar-refractivity contribution in [1.29, 1.82) is 0 Å². The highest BCUT2D eigenvalue weighted by molar-refractivity contribution is 5.04. The van der Waals surface area contributed by atoms with Gasteiger partial charge in [0.15, 0.2) is 0 Å². The molecule has 2 saturated carbocycles. The Morgan fingerprint density at radius 3 is 2.47 bits per heavy atom. The van der Waals surface area contributed by atoms with Crippen molar-refractivity contribution >= 4 is 0 Å². The van der Waals surface area contributed by atoms with E-state index in [0.29, 0.717) is 5.92 Å². The van der Waals surface area contributed by atoms with Crippen molar-refractivity contribution < 1.29 is 9.47 Å². The maximum atomic E-state index is 6.14. The molecule has 19 heavy (non-hydrogen) atoms. The van der Waals surface area contributed by atoms with Gasteiger partial charge in [-0.15, -0.1) is 0 Å². The predicted molar refractivity (Wildman–Crippen MR) is 74.6 cm³/mol. The van der Waals surface area contributed by atoms with Crippen LogP contribution in [0.25, 0.3) is 0 Å². The second kappa shape index (κ2) is 5.32. The number of nitrogens with two attached hydrogens (primary N) is 1. The van der Waals surface area contributed by atoms with Gasteiger partial charge in [-0.1, -0.05) is 12.8 Å². The number of methoxy groups -OCH3 is 1. The Kier molecular flexibility index (Phi) is 3.87. The monoisotopic (exact) mass is 268 g/mol. The minimum Gasteiger partial charge on any atom is -0.377 e. The molecule has 110 valence electrons. The minimum absolute atomic E-state index is 0.0173. The van der Waals surface area contributed by atoms with Crippen molar-refractivity contribution in [3.63, 3.8) is 0 Å². The summed E-state index contributed by atoms with van der Waals surface area (Å²) in [5.74, 6) is 6.49. The molecule has 0 radical (unpaired) electrons. The molecule has 0 aromatic rings. The first-order valence-corrected chi connectivity index (χ1v) is 7.89. The SMILES string of the molecule is COC1(C(NN)C2CCOC3(CCCC3)C2)CCC1. The fourth-order valence-corrected chi connectivity index (χ4v) is 4.60. The van der Waals surface area contributed by atoms with E-state index in [-0.39, 0.29) is 17.2 Å². The molecule has 1 spiro atoms. The van der Waals surface area contributed by atoms with Crippen LogP contribution in [0.5, 0.6) is 0 Å². The molecule has 4 nitrogen and oxygen atoms in total. The minimum atomic E-state index is -0.0173. The van der Waals surface area contributed by atoms with Crippen LogP contribution >= 0.6 is 0 Å². The summed E-state index contributed by atoms with van der Waals surface area (Å²) in [6.45, 7) is 0.892. The van der Waals surface area contributed by atoms with Gasteiger partial charge in [-0.2, -0.15) is 0 Å². The zero-order valence-electron chi connectivity index (χ0n) is 12.1. The number of nitrogens with one attached hydrogen (secondary N) is 1. The van der Waals surface area contributed by atoms with Crippen molar-refractivity contribution in [3.8, 4) is 0 Å². The molecule has 0 amide bonds. The van der Waals surface area contributed by atoms with Crippen molar-refractivity contribution in [2.45, 2.75) is 75.0 Å². The molecule has 0 aromatic heterocycles. The lowest BCUT2D eigenvalue weighted by Crippen LogP contribution is -2.63. The average molecular weight is 268 g/mol. The fourth-order valence-electron chi connectivity index (χ4n) is 4.60. The summed E-state index contributed by atoms with van der Waals surface area (Å²) in [5.41, 5.74) is 3.24. The normalized spacial score (nSPS) is 34.1. The number of hydrazine groups is 1. The van der Waals surface area contributed by atoms with E-state index in [1.54, 1.807) is 0 Å². The highest BCUT2D eigenvalue weighted by Gasteiger charge is 2.50. The van der Waals surface area contributed by atoms with Gasteiger partial charge in [0, 0.05) is 13.7 Å². The van der Waals surface area contributed by atoms with Gasteiger partial charge in [-0.05, 0) is 50.9 Å². The predicted octanol–water partition coefficient (Wildman–Crippen LogP) is 2.13. The Bertz CT molecular complexity index is 306. The lowest BCUT2D eigenvalue weighted by atomic mass is 9.67. The Balaban J connectivity index is 1.72. The quantitative estimate of drug-likeness (QED) is 0.606. The third kappa shape index (κ3) is 2.33. The highest BCUT2D eigenvalue weighted by atomic mass is 16.5. The lowest BCUT2D eigenvalue weighted by Gasteiger charge is -2.51. The van der Waals surface area contributed by atoms with Gasteiger partial charge in [0.05, 0.1) is 17.2 Å². The second-order valence-electron chi connectivity index (χ2n) is 6.76. The van der Waals surface area contributed by atoms with Crippen LogP contribution in [0.1, 0.15) is 57.8 Å². The summed E-state index contributed by atoms with van der Waals surface area (Å²) in [6, 6.07) is 0.285. The van der Waals surface area contributed by atoms with E-state index in [1.165, 1.54) is 32.1 Å². The van der Waals surface area contributed by atoms with Gasteiger partial charge in [-0.3, -0.25) is 11.3 Å². The van der Waals surface area contributed by atoms with Gasteiger partial charge in [0.2, 0.25) is 0 Å². The molecule has 3 N–H and O–H groups in total. The first-order chi connectivity index (χ1) is 9.24. The van der Waals surface area contributed by atoms with Crippen LogP contribution < -0.4 is 11.3 Å². The molecule has 1 heterocycles. The van der Waals surface area contributed by atoms with E-state index in [1.807, 2.05) is 7.11 Å². The van der Waals surface area contributed by atoms with Crippen molar-refractivity contribution in [2.24, 2.45) is 11.8 Å². The van der Waals surface area contributed by atoms with Crippen LogP contribution in [-0.4, -0.2) is 31.0 Å². The number of hydrogen-bond donors (Lipinski definition) is 2. The summed E-state index contributed by atoms with van der Waals surface area (Å²) in [7, 11) is 1.84. The van der Waals surface area contributed by atoms with Gasteiger partial charge in [0.1, 0.15) is 0 Å². The maximum Gasteiger partial charge on any atom is 0.0847 e. The Hall–Kier alpha value is -0.160.